The van der Waals surface area contributed by atoms with E-state index in [2.05, 4.69) is 10.6 Å². The number of carbonyl (C=O) groups excluding carboxylic acids is 3. The van der Waals surface area contributed by atoms with Gasteiger partial charge in [-0.25, -0.2) is 0 Å². The number of nitrogens with zero attached hydrogens (tertiary/aromatic N) is 3. The van der Waals surface area contributed by atoms with Gasteiger partial charge in [0.1, 0.15) is 5.54 Å². The van der Waals surface area contributed by atoms with Gasteiger partial charge in [0, 0.05) is 68.1 Å². The van der Waals surface area contributed by atoms with Crippen LogP contribution < -0.4 is 15.5 Å². The zero-order chi connectivity index (χ0) is 24.4. The van der Waals surface area contributed by atoms with Gasteiger partial charge < -0.3 is 14.8 Å². The summed E-state index contributed by atoms with van der Waals surface area (Å²) in [6.45, 7) is 1.62. The lowest BCUT2D eigenvalue weighted by atomic mass is 9.80. The quantitative estimate of drug-likeness (QED) is 0.349. The highest BCUT2D eigenvalue weighted by atomic mass is 16.6. The van der Waals surface area contributed by atoms with Gasteiger partial charge in [-0.2, -0.15) is 0 Å². The fraction of sp³-hybridized carbons (Fsp3) is 0.208. The Morgan fingerprint density at radius 1 is 1.15 bits per heavy atom. The zero-order valence-electron chi connectivity index (χ0n) is 18.7. The number of aromatic nitrogens is 1. The number of nitro groups is 1. The summed E-state index contributed by atoms with van der Waals surface area (Å²) in [6, 6.07) is 11.8. The van der Waals surface area contributed by atoms with Gasteiger partial charge in [0.05, 0.1) is 21.6 Å². The van der Waals surface area contributed by atoms with E-state index in [0.717, 1.165) is 5.69 Å². The number of hydrogen-bond donors (Lipinski definition) is 2. The van der Waals surface area contributed by atoms with Gasteiger partial charge >= 0.3 is 0 Å². The van der Waals surface area contributed by atoms with Crippen molar-refractivity contribution in [3.05, 3.63) is 75.5 Å². The van der Waals surface area contributed by atoms with Crippen molar-refractivity contribution in [3.63, 3.8) is 0 Å². The topological polar surface area (TPSA) is 127 Å². The number of nitro benzene ring substituents is 1. The van der Waals surface area contributed by atoms with Crippen LogP contribution in [0.2, 0.25) is 0 Å². The fourth-order valence-corrected chi connectivity index (χ4v) is 5.18. The van der Waals surface area contributed by atoms with Crippen LogP contribution >= 0.6 is 0 Å². The van der Waals surface area contributed by atoms with Crippen molar-refractivity contribution in [1.82, 2.24) is 15.2 Å². The lowest BCUT2D eigenvalue weighted by molar-refractivity contribution is -0.384. The van der Waals surface area contributed by atoms with Gasteiger partial charge in [0.15, 0.2) is 0 Å². The number of aryl methyl sites for hydroxylation is 1. The van der Waals surface area contributed by atoms with Crippen LogP contribution in [0, 0.1) is 10.1 Å². The van der Waals surface area contributed by atoms with E-state index < -0.39 is 22.3 Å². The van der Waals surface area contributed by atoms with Gasteiger partial charge in [-0.1, -0.05) is 18.2 Å². The van der Waals surface area contributed by atoms with Crippen LogP contribution in [0.25, 0.3) is 16.5 Å². The molecule has 1 aromatic heterocycles. The predicted octanol–water partition coefficient (Wildman–Crippen LogP) is 1.98. The van der Waals surface area contributed by atoms with Crippen LogP contribution in [0.3, 0.4) is 0 Å². The highest BCUT2D eigenvalue weighted by Gasteiger charge is 2.52. The van der Waals surface area contributed by atoms with Crippen LogP contribution in [0.5, 0.6) is 0 Å². The number of rotatable bonds is 4. The summed E-state index contributed by atoms with van der Waals surface area (Å²) < 4.78 is 1.68. The Kier molecular flexibility index (Phi) is 4.57. The lowest BCUT2D eigenvalue weighted by Gasteiger charge is -2.32. The van der Waals surface area contributed by atoms with Gasteiger partial charge in [0.25, 0.3) is 17.5 Å². The van der Waals surface area contributed by atoms with Gasteiger partial charge in [-0.3, -0.25) is 29.8 Å². The maximum Gasteiger partial charge on any atom is 0.271 e. The van der Waals surface area contributed by atoms with E-state index in [1.807, 2.05) is 36.2 Å². The van der Waals surface area contributed by atoms with Crippen LogP contribution in [-0.2, 0) is 27.0 Å². The molecule has 0 bridgehead atoms. The second-order valence-electron chi connectivity index (χ2n) is 8.61. The molecule has 2 aromatic carbocycles. The number of imide groups is 1. The Balaban J connectivity index is 1.84. The summed E-state index contributed by atoms with van der Waals surface area (Å²) in [5, 5.41) is 17.2. The Bertz CT molecular complexity index is 1470. The molecule has 3 aromatic rings. The van der Waals surface area contributed by atoms with E-state index in [9.17, 15) is 24.5 Å². The predicted molar refractivity (Wildman–Crippen MR) is 125 cm³/mol. The normalized spacial score (nSPS) is 19.6. The van der Waals surface area contributed by atoms with E-state index >= 15 is 0 Å². The molecule has 2 aliphatic rings. The number of carbonyl (C=O) groups is 3. The number of fused-ring (bicyclic) bond motifs is 2. The maximum atomic E-state index is 13.3. The first-order valence-electron chi connectivity index (χ1n) is 10.6. The molecule has 0 spiro atoms. The number of non-ortho nitro benzene ring substituents is 1. The highest BCUT2D eigenvalue weighted by Crippen LogP contribution is 2.47. The Morgan fingerprint density at radius 3 is 2.59 bits per heavy atom. The highest BCUT2D eigenvalue weighted by molar-refractivity contribution is 6.38. The largest absolute Gasteiger partial charge is 0.371 e. The summed E-state index contributed by atoms with van der Waals surface area (Å²) >= 11 is 0. The third-order valence-electron chi connectivity index (χ3n) is 6.45. The van der Waals surface area contributed by atoms with Crippen molar-refractivity contribution in [2.24, 2.45) is 7.05 Å². The Hall–Kier alpha value is -4.47. The number of anilines is 1. The summed E-state index contributed by atoms with van der Waals surface area (Å²) in [4.78, 5) is 51.6. The number of nitrogens with one attached hydrogen (secondary N) is 2. The number of likely N-dealkylation sites (N-methyl/N-ethyl adjacent to an activating group) is 1. The number of benzene rings is 2. The third kappa shape index (κ3) is 2.92. The summed E-state index contributed by atoms with van der Waals surface area (Å²) in [7, 11) is 3.57. The minimum Gasteiger partial charge on any atom is -0.371 e. The van der Waals surface area contributed by atoms with Crippen molar-refractivity contribution < 1.29 is 19.3 Å². The SMILES string of the molecule is CC(=O)NC1(C2=C(c3cn(C)c4cc([N+](=O)[O-])ccc34)C(=O)NC2=O)CN(C)c2ccccc21. The standard InChI is InChI=1S/C24H21N5O5/c1-13(30)26-24(12-28(3)18-7-5-4-6-17(18)24)21-20(22(31)25-23(21)32)16-11-27(2)19-10-14(29(33)34)8-9-15(16)19/h4-11H,12H2,1-3H3,(H,26,30)(H,25,31,32). The molecule has 34 heavy (non-hydrogen) atoms. The van der Waals surface area contributed by atoms with Crippen molar-refractivity contribution >= 4 is 45.6 Å². The molecule has 0 saturated carbocycles. The molecule has 2 N–H and O–H groups in total. The molecular formula is C24H21N5O5. The minimum atomic E-state index is -1.26. The molecule has 0 saturated heterocycles. The lowest BCUT2D eigenvalue weighted by Crippen LogP contribution is -2.51. The van der Waals surface area contributed by atoms with E-state index in [-0.39, 0.29) is 29.3 Å². The van der Waals surface area contributed by atoms with Crippen LogP contribution in [0.4, 0.5) is 11.4 Å². The monoisotopic (exact) mass is 459 g/mol. The molecule has 3 heterocycles. The number of hydrogen-bond acceptors (Lipinski definition) is 6. The molecular weight excluding hydrogens is 438 g/mol. The molecule has 172 valence electrons. The molecule has 10 heteroatoms. The van der Waals surface area contributed by atoms with E-state index in [1.54, 1.807) is 23.9 Å². The molecule has 3 amide bonds. The Morgan fingerprint density at radius 2 is 1.88 bits per heavy atom. The second kappa shape index (κ2) is 7.27. The van der Waals surface area contributed by atoms with E-state index in [1.165, 1.54) is 19.1 Å². The van der Waals surface area contributed by atoms with Crippen LogP contribution in [0.15, 0.2) is 54.2 Å². The fourth-order valence-electron chi connectivity index (χ4n) is 5.18. The van der Waals surface area contributed by atoms with Gasteiger partial charge in [-0.15, -0.1) is 0 Å². The van der Waals surface area contributed by atoms with Crippen molar-refractivity contribution in [1.29, 1.82) is 0 Å². The maximum absolute atomic E-state index is 13.3. The van der Waals surface area contributed by atoms with E-state index in [0.29, 0.717) is 22.0 Å². The number of para-hydroxylation sites is 1. The van der Waals surface area contributed by atoms with Crippen molar-refractivity contribution in [2.45, 2.75) is 12.5 Å². The smallest absolute Gasteiger partial charge is 0.271 e. The molecule has 2 aliphatic heterocycles. The third-order valence-corrected chi connectivity index (χ3v) is 6.45. The average Bonchev–Trinajstić information content (AvgIpc) is 3.37. The second-order valence-corrected chi connectivity index (χ2v) is 8.61. The molecule has 10 nitrogen and oxygen atoms in total. The van der Waals surface area contributed by atoms with E-state index in [4.69, 9.17) is 0 Å². The summed E-state index contributed by atoms with van der Waals surface area (Å²) in [6.07, 6.45) is 1.67. The van der Waals surface area contributed by atoms with Crippen molar-refractivity contribution in [3.8, 4) is 0 Å². The average molecular weight is 459 g/mol. The molecule has 1 atom stereocenters. The van der Waals surface area contributed by atoms with Crippen LogP contribution in [-0.4, -0.2) is 40.8 Å². The first-order chi connectivity index (χ1) is 16.1. The molecule has 0 radical (unpaired) electrons. The molecule has 0 aliphatic carbocycles. The van der Waals surface area contributed by atoms with Gasteiger partial charge in [-0.05, 0) is 12.1 Å². The number of amides is 3. The molecule has 1 unspecified atom stereocenters. The molecule has 5 rings (SSSR count). The summed E-state index contributed by atoms with van der Waals surface area (Å²) in [5.41, 5.74) is 1.50. The van der Waals surface area contributed by atoms with Crippen molar-refractivity contribution in [2.75, 3.05) is 18.5 Å². The summed E-state index contributed by atoms with van der Waals surface area (Å²) in [5.74, 6) is -1.52. The zero-order valence-corrected chi connectivity index (χ0v) is 18.7. The molecule has 0 fully saturated rings. The van der Waals surface area contributed by atoms with Crippen LogP contribution in [0.1, 0.15) is 18.1 Å². The Labute approximate surface area is 194 Å². The first kappa shape index (κ1) is 21.4. The van der Waals surface area contributed by atoms with Gasteiger partial charge in [0.2, 0.25) is 5.91 Å². The minimum absolute atomic E-state index is 0.0811. The first-order valence-corrected chi connectivity index (χ1v) is 10.6.